The van der Waals surface area contributed by atoms with Crippen LogP contribution in [0.15, 0.2) is 30.6 Å². The highest BCUT2D eigenvalue weighted by atomic mass is 32.1. The first kappa shape index (κ1) is 30.0. The number of nitrogens with zero attached hydrogens (tertiary/aromatic N) is 6. The minimum absolute atomic E-state index is 0.132. The van der Waals surface area contributed by atoms with Crippen molar-refractivity contribution in [2.75, 3.05) is 26.0 Å². The number of imidazole rings is 1. The van der Waals surface area contributed by atoms with E-state index in [0.29, 0.717) is 9.47 Å². The van der Waals surface area contributed by atoms with Crippen molar-refractivity contribution in [1.82, 2.24) is 24.0 Å². The van der Waals surface area contributed by atoms with Gasteiger partial charge in [-0.1, -0.05) is 0 Å². The van der Waals surface area contributed by atoms with Crippen molar-refractivity contribution < 1.29 is 45.4 Å². The second kappa shape index (κ2) is 10.9. The van der Waals surface area contributed by atoms with Gasteiger partial charge in [0.1, 0.15) is 29.1 Å². The van der Waals surface area contributed by atoms with Gasteiger partial charge in [0.2, 0.25) is 0 Å². The molecule has 0 aliphatic heterocycles. The van der Waals surface area contributed by atoms with Crippen LogP contribution in [0.25, 0.3) is 5.82 Å². The van der Waals surface area contributed by atoms with Crippen molar-refractivity contribution in [3.63, 3.8) is 0 Å². The number of amides is 1. The summed E-state index contributed by atoms with van der Waals surface area (Å²) in [6.45, 7) is 1.08. The molecule has 0 fully saturated rings. The van der Waals surface area contributed by atoms with Gasteiger partial charge >= 0.3 is 18.4 Å². The number of aliphatic hydroxyl groups excluding tert-OH is 1. The van der Waals surface area contributed by atoms with Gasteiger partial charge in [0.15, 0.2) is 16.3 Å². The van der Waals surface area contributed by atoms with Crippen LogP contribution >= 0.6 is 12.2 Å². The van der Waals surface area contributed by atoms with Gasteiger partial charge in [0.25, 0.3) is 0 Å². The predicted molar refractivity (Wildman–Crippen MR) is 125 cm³/mol. The number of carbonyl (C=O) groups excluding carboxylic acids is 1. The second-order valence-electron chi connectivity index (χ2n) is 8.41. The lowest BCUT2D eigenvalue weighted by molar-refractivity contribution is -0.146. The van der Waals surface area contributed by atoms with Crippen molar-refractivity contribution >= 4 is 24.1 Å². The summed E-state index contributed by atoms with van der Waals surface area (Å²) in [4.78, 5) is 22.0. The smallest absolute Gasteiger partial charge is 0.405 e. The fraction of sp³-hybridized carbons (Fsp3) is 0.364. The molecule has 3 heterocycles. The number of hydrogen-bond donors (Lipinski definition) is 1. The van der Waals surface area contributed by atoms with E-state index in [1.165, 1.54) is 36.7 Å². The second-order valence-corrected chi connectivity index (χ2v) is 8.78. The lowest BCUT2D eigenvalue weighted by Crippen LogP contribution is -2.32. The van der Waals surface area contributed by atoms with Crippen molar-refractivity contribution in [2.45, 2.75) is 32.0 Å². The van der Waals surface area contributed by atoms with Gasteiger partial charge in [-0.3, -0.25) is 14.4 Å². The molecule has 3 rings (SSSR count). The fourth-order valence-corrected chi connectivity index (χ4v) is 3.44. The Balaban J connectivity index is 2.21. The van der Waals surface area contributed by atoms with Gasteiger partial charge < -0.3 is 14.4 Å². The van der Waals surface area contributed by atoms with E-state index in [1.807, 2.05) is 0 Å². The molecule has 3 aromatic rings. The zero-order valence-corrected chi connectivity index (χ0v) is 21.5. The molecule has 1 N–H and O–H groups in total. The maximum atomic E-state index is 14.0. The molecule has 3 aromatic heterocycles. The highest BCUT2D eigenvalue weighted by Crippen LogP contribution is 2.42. The average molecular weight is 583 g/mol. The van der Waals surface area contributed by atoms with E-state index < -0.39 is 53.3 Å². The Hall–Kier alpha value is -3.57. The van der Waals surface area contributed by atoms with E-state index in [1.54, 1.807) is 0 Å². The molecule has 0 radical (unpaired) electrons. The molecule has 1 unspecified atom stereocenters. The Kier molecular flexibility index (Phi) is 8.37. The average Bonchev–Trinajstić information content (AvgIpc) is 3.18. The molecule has 1 amide bonds. The molecule has 0 saturated heterocycles. The van der Waals surface area contributed by atoms with Gasteiger partial charge in [0.05, 0.1) is 12.2 Å². The summed E-state index contributed by atoms with van der Waals surface area (Å²) in [7, 11) is 4.11. The maximum absolute atomic E-state index is 14.0. The highest BCUT2D eigenvalue weighted by molar-refractivity contribution is 7.71. The molecule has 0 aliphatic rings. The van der Waals surface area contributed by atoms with Crippen LogP contribution in [-0.2, 0) is 18.9 Å². The van der Waals surface area contributed by atoms with Crippen LogP contribution in [0.2, 0.25) is 0 Å². The Bertz CT molecular complexity index is 1430. The number of anilines is 1. The Morgan fingerprint density at radius 2 is 1.74 bits per heavy atom. The van der Waals surface area contributed by atoms with E-state index in [9.17, 15) is 40.6 Å². The topological polar surface area (TPSA) is 88.7 Å². The molecular weight excluding hydrogens is 561 g/mol. The molecule has 1 atom stereocenters. The molecule has 17 heteroatoms. The number of halogens is 7. The molecule has 9 nitrogen and oxygen atoms in total. The van der Waals surface area contributed by atoms with Gasteiger partial charge in [-0.15, -0.1) is 0 Å². The third-order valence-electron chi connectivity index (χ3n) is 5.40. The number of likely N-dealkylation sites (N-methyl/N-ethyl adjacent to an activating group) is 1. The molecular formula is C22H21F7N6O3S. The van der Waals surface area contributed by atoms with Crippen molar-refractivity contribution in [2.24, 2.45) is 0 Å². The van der Waals surface area contributed by atoms with Crippen LogP contribution in [-0.4, -0.2) is 62.6 Å². The zero-order valence-electron chi connectivity index (χ0n) is 20.7. The normalized spacial score (nSPS) is 13.1. The number of pyridine rings is 2. The Morgan fingerprint density at radius 3 is 2.28 bits per heavy atom. The fourth-order valence-electron chi connectivity index (χ4n) is 3.16. The molecule has 0 aromatic carbocycles. The van der Waals surface area contributed by atoms with E-state index in [-0.39, 0.29) is 28.9 Å². The largest absolute Gasteiger partial charge is 0.433 e. The van der Waals surface area contributed by atoms with Crippen LogP contribution in [0.1, 0.15) is 17.0 Å². The molecule has 0 saturated carbocycles. The number of hydrogen-bond acceptors (Lipinski definition) is 7. The van der Waals surface area contributed by atoms with E-state index in [2.05, 4.69) is 9.97 Å². The summed E-state index contributed by atoms with van der Waals surface area (Å²) in [5.41, 5.74) is -4.00. The lowest BCUT2D eigenvalue weighted by Gasteiger charge is -2.22. The van der Waals surface area contributed by atoms with Crippen molar-refractivity contribution in [3.8, 4) is 11.6 Å². The van der Waals surface area contributed by atoms with Crippen LogP contribution in [0, 0.1) is 17.5 Å². The third-order valence-corrected chi connectivity index (χ3v) is 5.83. The van der Waals surface area contributed by atoms with Gasteiger partial charge in [-0.2, -0.15) is 26.3 Å². The van der Waals surface area contributed by atoms with Gasteiger partial charge in [-0.25, -0.2) is 19.2 Å². The Morgan fingerprint density at radius 1 is 1.10 bits per heavy atom. The highest BCUT2D eigenvalue weighted by Gasteiger charge is 2.43. The third kappa shape index (κ3) is 6.54. The number of rotatable bonds is 6. The number of aromatic nitrogens is 4. The van der Waals surface area contributed by atoms with E-state index >= 15 is 0 Å². The monoisotopic (exact) mass is 582 g/mol. The first-order valence-corrected chi connectivity index (χ1v) is 11.2. The summed E-state index contributed by atoms with van der Waals surface area (Å²) in [6, 6.07) is 1.72. The summed E-state index contributed by atoms with van der Waals surface area (Å²) >= 11 is 5.21. The molecule has 0 spiro atoms. The number of aliphatic hydroxyl groups is 1. The molecule has 0 aliphatic carbocycles. The minimum atomic E-state index is -5.43. The lowest BCUT2D eigenvalue weighted by atomic mass is 10.1. The summed E-state index contributed by atoms with van der Waals surface area (Å²) < 4.78 is 103. The van der Waals surface area contributed by atoms with Crippen molar-refractivity contribution in [3.05, 3.63) is 58.1 Å². The van der Waals surface area contributed by atoms with Crippen LogP contribution in [0.5, 0.6) is 5.75 Å². The van der Waals surface area contributed by atoms with Gasteiger partial charge in [0, 0.05) is 19.4 Å². The van der Waals surface area contributed by atoms with Crippen LogP contribution in [0.3, 0.4) is 0 Å². The maximum Gasteiger partial charge on any atom is 0.433 e. The number of carbonyl (C=O) groups is 1. The summed E-state index contributed by atoms with van der Waals surface area (Å²) in [5, 5.41) is 10.1. The van der Waals surface area contributed by atoms with E-state index in [0.717, 1.165) is 25.4 Å². The predicted octanol–water partition coefficient (Wildman–Crippen LogP) is 4.80. The van der Waals surface area contributed by atoms with Crippen molar-refractivity contribution in [1.29, 1.82) is 0 Å². The first-order valence-electron chi connectivity index (χ1n) is 10.8. The minimum Gasteiger partial charge on any atom is -0.405 e. The number of ether oxygens (including phenoxy) is 1. The number of alkyl halides is 6. The SMILES string of the molecule is Cc1nc(N(C)C(=O)Oc2c(C(F)(F)F)cc(C(F)(F)F)nc2-n2ccn(CC(O)N(C)C)c2=S)ccc1F. The van der Waals surface area contributed by atoms with Crippen LogP contribution in [0.4, 0.5) is 41.3 Å². The molecule has 212 valence electrons. The summed E-state index contributed by atoms with van der Waals surface area (Å²) in [6.07, 6.45) is -11.1. The quantitative estimate of drug-likeness (QED) is 0.254. The summed E-state index contributed by atoms with van der Waals surface area (Å²) in [5.74, 6) is -3.37. The van der Waals surface area contributed by atoms with Crippen LogP contribution < -0.4 is 9.64 Å². The standard InChI is InChI=1S/C22H21F7N6O3S/c1-11-13(23)5-6-15(30-11)33(4)20(37)38-17-12(21(24,25)26)9-14(22(27,28)29)31-18(17)35-8-7-34(19(35)39)10-16(36)32(2)3/h5-9,16,36H,10H2,1-4H3. The Labute approximate surface area is 221 Å². The molecule has 39 heavy (non-hydrogen) atoms. The number of aryl methyl sites for hydroxylation is 1. The molecule has 0 bridgehead atoms. The zero-order chi connectivity index (χ0) is 29.4. The van der Waals surface area contributed by atoms with Gasteiger partial charge in [-0.05, 0) is 51.4 Å². The first-order chi connectivity index (χ1) is 17.9. The van der Waals surface area contributed by atoms with E-state index in [4.69, 9.17) is 17.0 Å².